The van der Waals surface area contributed by atoms with Crippen molar-refractivity contribution in [3.05, 3.63) is 52.6 Å². The van der Waals surface area contributed by atoms with Gasteiger partial charge in [0.1, 0.15) is 5.82 Å². The largest absolute Gasteiger partial charge is 0.382 e. The van der Waals surface area contributed by atoms with E-state index in [0.29, 0.717) is 15.7 Å². The third-order valence-electron chi connectivity index (χ3n) is 2.82. The van der Waals surface area contributed by atoms with Crippen LogP contribution < -0.4 is 5.73 Å². The van der Waals surface area contributed by atoms with Crippen LogP contribution in [0.3, 0.4) is 0 Å². The van der Waals surface area contributed by atoms with Crippen molar-refractivity contribution >= 4 is 39.9 Å². The Morgan fingerprint density at radius 2 is 1.79 bits per heavy atom. The summed E-state index contributed by atoms with van der Waals surface area (Å²) in [5.74, 6) is 0.259. The summed E-state index contributed by atoms with van der Waals surface area (Å²) in [5, 5.41) is 1.82. The third kappa shape index (κ3) is 2.23. The Labute approximate surface area is 120 Å². The lowest BCUT2D eigenvalue weighted by Crippen LogP contribution is -1.95. The molecule has 0 fully saturated rings. The predicted molar refractivity (Wildman–Crippen MR) is 79.4 cm³/mol. The monoisotopic (exact) mass is 289 g/mol. The normalized spacial score (nSPS) is 10.8. The molecule has 0 amide bonds. The zero-order chi connectivity index (χ0) is 13.4. The lowest BCUT2D eigenvalue weighted by Gasteiger charge is -2.07. The number of nitrogens with zero attached hydrogens (tertiary/aromatic N) is 2. The summed E-state index contributed by atoms with van der Waals surface area (Å²) in [6.07, 6.45) is 1.73. The molecule has 3 aromatic rings. The van der Waals surface area contributed by atoms with E-state index in [4.69, 9.17) is 28.9 Å². The van der Waals surface area contributed by atoms with Gasteiger partial charge in [-0.15, -0.1) is 0 Å². The summed E-state index contributed by atoms with van der Waals surface area (Å²) in [7, 11) is 0. The summed E-state index contributed by atoms with van der Waals surface area (Å²) in [6, 6.07) is 11.4. The summed E-state index contributed by atoms with van der Waals surface area (Å²) in [4.78, 5) is 8.60. The van der Waals surface area contributed by atoms with E-state index in [1.54, 1.807) is 12.3 Å². The molecule has 19 heavy (non-hydrogen) atoms. The van der Waals surface area contributed by atoms with Crippen LogP contribution in [0.4, 0.5) is 5.82 Å². The first-order chi connectivity index (χ1) is 9.15. The number of halogens is 2. The predicted octanol–water partition coefficient (Wildman–Crippen LogP) is 4.19. The van der Waals surface area contributed by atoms with Gasteiger partial charge in [-0.3, -0.25) is 4.98 Å². The van der Waals surface area contributed by atoms with E-state index in [0.717, 1.165) is 16.5 Å². The van der Waals surface area contributed by atoms with Gasteiger partial charge >= 0.3 is 0 Å². The van der Waals surface area contributed by atoms with Gasteiger partial charge in [0, 0.05) is 17.1 Å². The molecule has 0 spiro atoms. The minimum absolute atomic E-state index is 0.259. The van der Waals surface area contributed by atoms with Crippen molar-refractivity contribution in [3.8, 4) is 11.3 Å². The van der Waals surface area contributed by atoms with Crippen molar-refractivity contribution in [2.45, 2.75) is 0 Å². The molecule has 0 atom stereocenters. The third-order valence-corrected chi connectivity index (χ3v) is 3.41. The van der Waals surface area contributed by atoms with Gasteiger partial charge in [0.05, 0.1) is 21.3 Å². The van der Waals surface area contributed by atoms with Crippen LogP contribution >= 0.6 is 23.2 Å². The Hall–Kier alpha value is -1.84. The summed E-state index contributed by atoms with van der Waals surface area (Å²) < 4.78 is 0. The zero-order valence-corrected chi connectivity index (χ0v) is 11.3. The van der Waals surface area contributed by atoms with Crippen molar-refractivity contribution in [2.75, 3.05) is 5.73 Å². The Morgan fingerprint density at radius 3 is 2.63 bits per heavy atom. The molecule has 3 rings (SSSR count). The van der Waals surface area contributed by atoms with Crippen molar-refractivity contribution in [1.82, 2.24) is 9.97 Å². The average Bonchev–Trinajstić information content (AvgIpc) is 2.42. The average molecular weight is 290 g/mol. The summed E-state index contributed by atoms with van der Waals surface area (Å²) in [6.45, 7) is 0. The number of para-hydroxylation sites is 1. The van der Waals surface area contributed by atoms with Crippen molar-refractivity contribution in [3.63, 3.8) is 0 Å². The lowest BCUT2D eigenvalue weighted by molar-refractivity contribution is 1.31. The van der Waals surface area contributed by atoms with Crippen LogP contribution in [0, 0.1) is 0 Å². The fourth-order valence-electron chi connectivity index (χ4n) is 1.88. The Kier molecular flexibility index (Phi) is 3.01. The van der Waals surface area contributed by atoms with Gasteiger partial charge < -0.3 is 5.73 Å². The summed E-state index contributed by atoms with van der Waals surface area (Å²) in [5.41, 5.74) is 8.04. The highest BCUT2D eigenvalue weighted by Gasteiger charge is 2.10. The number of aromatic nitrogens is 2. The Morgan fingerprint density at radius 1 is 1.00 bits per heavy atom. The highest BCUT2D eigenvalue weighted by atomic mass is 35.5. The van der Waals surface area contributed by atoms with Gasteiger partial charge in [0.15, 0.2) is 0 Å². The molecule has 94 valence electrons. The van der Waals surface area contributed by atoms with Crippen molar-refractivity contribution < 1.29 is 0 Å². The van der Waals surface area contributed by atoms with Crippen molar-refractivity contribution in [1.29, 1.82) is 0 Å². The van der Waals surface area contributed by atoms with Crippen LogP contribution in [0.25, 0.3) is 22.2 Å². The number of benzene rings is 1. The number of anilines is 1. The van der Waals surface area contributed by atoms with Crippen LogP contribution in [0.15, 0.2) is 42.6 Å². The molecule has 2 heterocycles. The molecular weight excluding hydrogens is 281 g/mol. The van der Waals surface area contributed by atoms with Crippen LogP contribution in [0.2, 0.25) is 10.0 Å². The zero-order valence-electron chi connectivity index (χ0n) is 9.77. The molecule has 0 radical (unpaired) electrons. The second-order valence-corrected chi connectivity index (χ2v) is 4.92. The first kappa shape index (κ1) is 12.2. The van der Waals surface area contributed by atoms with E-state index in [1.807, 2.05) is 30.3 Å². The van der Waals surface area contributed by atoms with Gasteiger partial charge in [0.25, 0.3) is 0 Å². The molecule has 0 aliphatic rings. The van der Waals surface area contributed by atoms with E-state index in [1.165, 1.54) is 0 Å². The molecule has 2 N–H and O–H groups in total. The van der Waals surface area contributed by atoms with Crippen LogP contribution in [0.1, 0.15) is 0 Å². The molecule has 3 nitrogen and oxygen atoms in total. The van der Waals surface area contributed by atoms with E-state index in [9.17, 15) is 0 Å². The Balaban J connectivity index is 2.21. The molecular formula is C14H9Cl2N3. The smallest absolute Gasteiger partial charge is 0.143 e. The topological polar surface area (TPSA) is 51.8 Å². The fraction of sp³-hybridized carbons (Fsp3) is 0. The molecule has 5 heteroatoms. The molecule has 0 saturated carbocycles. The molecule has 2 aromatic heterocycles. The molecule has 0 aliphatic carbocycles. The first-order valence-electron chi connectivity index (χ1n) is 5.62. The van der Waals surface area contributed by atoms with E-state index < -0.39 is 0 Å². The number of hydrogen-bond donors (Lipinski definition) is 1. The Bertz CT molecular complexity index is 772. The summed E-state index contributed by atoms with van der Waals surface area (Å²) >= 11 is 12.0. The van der Waals surface area contributed by atoms with Gasteiger partial charge in [0.2, 0.25) is 0 Å². The maximum atomic E-state index is 6.16. The van der Waals surface area contributed by atoms with Crippen LogP contribution in [-0.2, 0) is 0 Å². The van der Waals surface area contributed by atoms with Crippen molar-refractivity contribution in [2.24, 2.45) is 0 Å². The maximum absolute atomic E-state index is 6.16. The van der Waals surface area contributed by atoms with Crippen LogP contribution in [-0.4, -0.2) is 9.97 Å². The molecule has 0 saturated heterocycles. The fourth-order valence-corrected chi connectivity index (χ4v) is 2.35. The minimum Gasteiger partial charge on any atom is -0.382 e. The van der Waals surface area contributed by atoms with Gasteiger partial charge in [-0.05, 0) is 18.2 Å². The second kappa shape index (κ2) is 4.68. The minimum atomic E-state index is 0.259. The maximum Gasteiger partial charge on any atom is 0.143 e. The molecule has 0 unspecified atom stereocenters. The number of pyridine rings is 2. The van der Waals surface area contributed by atoms with Gasteiger partial charge in [-0.1, -0.05) is 41.4 Å². The molecule has 0 bridgehead atoms. The van der Waals surface area contributed by atoms with Gasteiger partial charge in [-0.25, -0.2) is 4.98 Å². The SMILES string of the molecule is Nc1nc(-c2cnc3ccccc3c2)c(Cl)cc1Cl. The van der Waals surface area contributed by atoms with E-state index in [-0.39, 0.29) is 5.82 Å². The quantitative estimate of drug-likeness (QED) is 0.731. The lowest BCUT2D eigenvalue weighted by atomic mass is 10.1. The number of fused-ring (bicyclic) bond motifs is 1. The van der Waals surface area contributed by atoms with Gasteiger partial charge in [-0.2, -0.15) is 0 Å². The molecule has 1 aromatic carbocycles. The first-order valence-corrected chi connectivity index (χ1v) is 6.37. The number of rotatable bonds is 1. The standard InChI is InChI=1S/C14H9Cl2N3/c15-10-6-11(16)14(17)19-13(10)9-5-8-3-1-2-4-12(8)18-7-9/h1-7H,(H2,17,19). The van der Waals surface area contributed by atoms with E-state index in [2.05, 4.69) is 9.97 Å². The second-order valence-electron chi connectivity index (χ2n) is 4.10. The highest BCUT2D eigenvalue weighted by molar-refractivity contribution is 6.37. The number of nitrogens with two attached hydrogens (primary N) is 1. The van der Waals surface area contributed by atoms with E-state index >= 15 is 0 Å². The highest BCUT2D eigenvalue weighted by Crippen LogP contribution is 2.31. The van der Waals surface area contributed by atoms with Crippen LogP contribution in [0.5, 0.6) is 0 Å². The molecule has 0 aliphatic heterocycles. The number of nitrogen functional groups attached to an aromatic ring is 1. The number of hydrogen-bond acceptors (Lipinski definition) is 3.